The van der Waals surface area contributed by atoms with E-state index in [0.717, 1.165) is 11.1 Å². The molecule has 1 aliphatic heterocycles. The third-order valence-electron chi connectivity index (χ3n) is 4.73. The minimum Gasteiger partial charge on any atom is -0.507 e. The molecule has 1 amide bonds. The molecular weight excluding hydrogens is 342 g/mol. The number of Topliss-reactive ketones (excluding diaryl/α,β-unsaturated/α-hetero) is 1. The van der Waals surface area contributed by atoms with E-state index in [1.807, 2.05) is 49.4 Å². The van der Waals surface area contributed by atoms with E-state index in [4.69, 9.17) is 4.74 Å². The zero-order chi connectivity index (χ0) is 19.4. The molecule has 0 saturated carbocycles. The number of benzene rings is 2. The molecule has 0 aromatic heterocycles. The Morgan fingerprint density at radius 2 is 1.74 bits per heavy atom. The first-order valence-corrected chi connectivity index (χ1v) is 8.94. The Morgan fingerprint density at radius 1 is 1.07 bits per heavy atom. The average Bonchev–Trinajstić information content (AvgIpc) is 2.94. The van der Waals surface area contributed by atoms with Crippen LogP contribution in [-0.4, -0.2) is 42.0 Å². The SMILES string of the molecule is COCCCN1C(=O)C(=O)/C(=C(\O)c2ccc(C)cc2)C1c1ccccc1. The predicted octanol–water partition coefficient (Wildman–Crippen LogP) is 3.45. The predicted molar refractivity (Wildman–Crippen MR) is 103 cm³/mol. The molecule has 1 heterocycles. The fourth-order valence-corrected chi connectivity index (χ4v) is 3.34. The molecule has 1 unspecified atom stereocenters. The van der Waals surface area contributed by atoms with Crippen molar-refractivity contribution < 1.29 is 19.4 Å². The van der Waals surface area contributed by atoms with E-state index in [1.54, 1.807) is 19.2 Å². The van der Waals surface area contributed by atoms with Crippen molar-refractivity contribution in [2.45, 2.75) is 19.4 Å². The van der Waals surface area contributed by atoms with Crippen LogP contribution in [0.3, 0.4) is 0 Å². The van der Waals surface area contributed by atoms with Gasteiger partial charge in [0.2, 0.25) is 0 Å². The smallest absolute Gasteiger partial charge is 0.295 e. The van der Waals surface area contributed by atoms with Crippen LogP contribution in [-0.2, 0) is 14.3 Å². The summed E-state index contributed by atoms with van der Waals surface area (Å²) in [6.07, 6.45) is 0.609. The maximum absolute atomic E-state index is 12.8. The Bertz CT molecular complexity index is 856. The number of hydrogen-bond acceptors (Lipinski definition) is 4. The van der Waals surface area contributed by atoms with Crippen molar-refractivity contribution in [3.63, 3.8) is 0 Å². The highest BCUT2D eigenvalue weighted by Crippen LogP contribution is 2.39. The summed E-state index contributed by atoms with van der Waals surface area (Å²) in [5.41, 5.74) is 2.50. The van der Waals surface area contributed by atoms with Crippen LogP contribution < -0.4 is 0 Å². The van der Waals surface area contributed by atoms with E-state index in [1.165, 1.54) is 4.90 Å². The van der Waals surface area contributed by atoms with Gasteiger partial charge in [-0.15, -0.1) is 0 Å². The van der Waals surface area contributed by atoms with Crippen LogP contribution in [0.1, 0.15) is 29.2 Å². The van der Waals surface area contributed by atoms with Gasteiger partial charge in [0.25, 0.3) is 11.7 Å². The number of carbonyl (C=O) groups excluding carboxylic acids is 2. The Kier molecular flexibility index (Phi) is 5.72. The zero-order valence-corrected chi connectivity index (χ0v) is 15.5. The summed E-state index contributed by atoms with van der Waals surface area (Å²) in [5, 5.41) is 10.9. The second-order valence-corrected chi connectivity index (χ2v) is 6.62. The molecule has 0 radical (unpaired) electrons. The highest BCUT2D eigenvalue weighted by Gasteiger charge is 2.45. The number of nitrogens with zero attached hydrogens (tertiary/aromatic N) is 1. The molecule has 5 nitrogen and oxygen atoms in total. The molecule has 27 heavy (non-hydrogen) atoms. The van der Waals surface area contributed by atoms with E-state index >= 15 is 0 Å². The molecule has 0 aliphatic carbocycles. The van der Waals surface area contributed by atoms with Gasteiger partial charge in [0.1, 0.15) is 5.76 Å². The Morgan fingerprint density at radius 3 is 2.37 bits per heavy atom. The number of aryl methyl sites for hydroxylation is 1. The lowest BCUT2D eigenvalue weighted by atomic mass is 9.95. The van der Waals surface area contributed by atoms with E-state index in [0.29, 0.717) is 25.1 Å². The fraction of sp³-hybridized carbons (Fsp3) is 0.273. The van der Waals surface area contributed by atoms with Gasteiger partial charge in [-0.1, -0.05) is 60.2 Å². The first-order valence-electron chi connectivity index (χ1n) is 8.94. The number of amides is 1. The van der Waals surface area contributed by atoms with Gasteiger partial charge in [-0.05, 0) is 18.9 Å². The number of rotatable bonds is 6. The van der Waals surface area contributed by atoms with Gasteiger partial charge >= 0.3 is 0 Å². The van der Waals surface area contributed by atoms with Crippen LogP contribution >= 0.6 is 0 Å². The minimum absolute atomic E-state index is 0.132. The molecule has 1 aliphatic rings. The van der Waals surface area contributed by atoms with E-state index in [2.05, 4.69) is 0 Å². The number of methoxy groups -OCH3 is 1. The second-order valence-electron chi connectivity index (χ2n) is 6.62. The highest BCUT2D eigenvalue weighted by atomic mass is 16.5. The van der Waals surface area contributed by atoms with Crippen molar-refractivity contribution in [1.82, 2.24) is 4.90 Å². The van der Waals surface area contributed by atoms with E-state index < -0.39 is 17.7 Å². The van der Waals surface area contributed by atoms with Crippen molar-refractivity contribution >= 4 is 17.4 Å². The molecule has 5 heteroatoms. The van der Waals surface area contributed by atoms with Crippen LogP contribution in [0.5, 0.6) is 0 Å². The summed E-state index contributed by atoms with van der Waals surface area (Å²) in [7, 11) is 1.60. The van der Waals surface area contributed by atoms with Crippen molar-refractivity contribution in [2.75, 3.05) is 20.3 Å². The van der Waals surface area contributed by atoms with Crippen molar-refractivity contribution in [2.24, 2.45) is 0 Å². The van der Waals surface area contributed by atoms with Crippen LogP contribution in [0, 0.1) is 6.92 Å². The highest BCUT2D eigenvalue weighted by molar-refractivity contribution is 6.46. The maximum atomic E-state index is 12.8. The molecule has 3 rings (SSSR count). The van der Waals surface area contributed by atoms with Crippen LogP contribution in [0.2, 0.25) is 0 Å². The van der Waals surface area contributed by atoms with Gasteiger partial charge in [0, 0.05) is 25.8 Å². The topological polar surface area (TPSA) is 66.8 Å². The Labute approximate surface area is 158 Å². The monoisotopic (exact) mass is 365 g/mol. The van der Waals surface area contributed by atoms with Crippen molar-refractivity contribution in [3.05, 3.63) is 76.9 Å². The third-order valence-corrected chi connectivity index (χ3v) is 4.73. The number of hydrogen-bond donors (Lipinski definition) is 1. The van der Waals surface area contributed by atoms with Crippen LogP contribution in [0.25, 0.3) is 5.76 Å². The number of ether oxygens (including phenoxy) is 1. The van der Waals surface area contributed by atoms with Crippen LogP contribution in [0.15, 0.2) is 60.2 Å². The number of aliphatic hydroxyl groups is 1. The quantitative estimate of drug-likeness (QED) is 0.368. The first-order chi connectivity index (χ1) is 13.0. The molecule has 1 N–H and O–H groups in total. The summed E-state index contributed by atoms with van der Waals surface area (Å²) in [4.78, 5) is 27.0. The molecular formula is C22H23NO4. The maximum Gasteiger partial charge on any atom is 0.295 e. The van der Waals surface area contributed by atoms with Crippen LogP contribution in [0.4, 0.5) is 0 Å². The lowest BCUT2D eigenvalue weighted by Crippen LogP contribution is -2.31. The number of likely N-dealkylation sites (tertiary alicyclic amines) is 1. The van der Waals surface area contributed by atoms with Gasteiger partial charge in [0.05, 0.1) is 11.6 Å². The Balaban J connectivity index is 2.09. The molecule has 0 spiro atoms. The molecule has 0 bridgehead atoms. The van der Waals surface area contributed by atoms with E-state index in [-0.39, 0.29) is 11.3 Å². The summed E-state index contributed by atoms with van der Waals surface area (Å²) < 4.78 is 5.08. The molecule has 1 fully saturated rings. The largest absolute Gasteiger partial charge is 0.507 e. The van der Waals surface area contributed by atoms with E-state index in [9.17, 15) is 14.7 Å². The second kappa shape index (κ2) is 8.18. The number of carbonyl (C=O) groups is 2. The molecule has 1 saturated heterocycles. The summed E-state index contributed by atoms with van der Waals surface area (Å²) in [6.45, 7) is 2.81. The normalized spacial score (nSPS) is 18.9. The Hall–Kier alpha value is -2.92. The van der Waals surface area contributed by atoms with Gasteiger partial charge in [-0.25, -0.2) is 0 Å². The third kappa shape index (κ3) is 3.78. The van der Waals surface area contributed by atoms with Gasteiger partial charge in [-0.2, -0.15) is 0 Å². The lowest BCUT2D eigenvalue weighted by Gasteiger charge is -2.25. The summed E-state index contributed by atoms with van der Waals surface area (Å²) in [5.74, 6) is -1.38. The van der Waals surface area contributed by atoms with Gasteiger partial charge in [-0.3, -0.25) is 9.59 Å². The van der Waals surface area contributed by atoms with Crippen molar-refractivity contribution in [1.29, 1.82) is 0 Å². The van der Waals surface area contributed by atoms with Crippen molar-refractivity contribution in [3.8, 4) is 0 Å². The summed E-state index contributed by atoms with van der Waals surface area (Å²) >= 11 is 0. The fourth-order valence-electron chi connectivity index (χ4n) is 3.34. The lowest BCUT2D eigenvalue weighted by molar-refractivity contribution is -0.140. The number of ketones is 1. The van der Waals surface area contributed by atoms with Gasteiger partial charge in [0.15, 0.2) is 0 Å². The molecule has 1 atom stereocenters. The molecule has 2 aromatic carbocycles. The number of aliphatic hydroxyl groups excluding tert-OH is 1. The first kappa shape index (κ1) is 18.9. The minimum atomic E-state index is -0.653. The average molecular weight is 365 g/mol. The molecule has 2 aromatic rings. The zero-order valence-electron chi connectivity index (χ0n) is 15.5. The van der Waals surface area contributed by atoms with Gasteiger partial charge < -0.3 is 14.7 Å². The standard InChI is InChI=1S/C22H23NO4/c1-15-9-11-17(12-10-15)20(24)18-19(16-7-4-3-5-8-16)23(13-6-14-27-2)22(26)21(18)25/h3-5,7-12,19,24H,6,13-14H2,1-2H3/b20-18-. The summed E-state index contributed by atoms with van der Waals surface area (Å²) in [6, 6.07) is 15.9. The molecule has 140 valence electrons.